The molecule has 1 rings (SSSR count). The molecule has 0 aromatic heterocycles. The predicted molar refractivity (Wildman–Crippen MR) is 113 cm³/mol. The van der Waals surface area contributed by atoms with Crippen molar-refractivity contribution in [3.63, 3.8) is 0 Å². The minimum absolute atomic E-state index is 0.0208. The first kappa shape index (κ1) is 25.1. The Morgan fingerprint density at radius 2 is 1.46 bits per heavy atom. The zero-order chi connectivity index (χ0) is 20.9. The average Bonchev–Trinajstić information content (AvgIpc) is 3.01. The minimum Gasteiger partial charge on any atom is -0.391 e. The van der Waals surface area contributed by atoms with E-state index in [-0.39, 0.29) is 24.0 Å². The van der Waals surface area contributed by atoms with Gasteiger partial charge in [0.15, 0.2) is 0 Å². The Hall–Kier alpha value is -0.940. The van der Waals surface area contributed by atoms with Crippen LogP contribution in [0.1, 0.15) is 98.3 Å². The van der Waals surface area contributed by atoms with Gasteiger partial charge in [0.1, 0.15) is 5.78 Å². The van der Waals surface area contributed by atoms with Gasteiger partial charge in [-0.3, -0.25) is 9.59 Å². The lowest BCUT2D eigenvalue weighted by Crippen LogP contribution is -2.39. The molecule has 0 radical (unpaired) electrons. The standard InChI is InChI=1S/C23H43NO4/c1-18(2)22(26)13-11-9-7-5-6-8-10-12-14-23(27)24-16-21(25)15-20(24)17-28-19(3)4/h18-21,25H,5-17H2,1-4H3/t20-,21-/m0/s1. The second-order valence-electron chi connectivity index (χ2n) is 8.92. The van der Waals surface area contributed by atoms with Crippen LogP contribution in [0.2, 0.25) is 0 Å². The summed E-state index contributed by atoms with van der Waals surface area (Å²) in [6.45, 7) is 8.88. The third-order valence-electron chi connectivity index (χ3n) is 5.54. The quantitative estimate of drug-likeness (QED) is 0.413. The number of hydrogen-bond donors (Lipinski definition) is 1. The van der Waals surface area contributed by atoms with Gasteiger partial charge in [0.25, 0.3) is 0 Å². The van der Waals surface area contributed by atoms with Gasteiger partial charge in [0.2, 0.25) is 5.91 Å². The van der Waals surface area contributed by atoms with E-state index in [1.54, 1.807) is 0 Å². The lowest BCUT2D eigenvalue weighted by atomic mass is 10.0. The highest BCUT2D eigenvalue weighted by molar-refractivity contribution is 5.80. The van der Waals surface area contributed by atoms with Crippen LogP contribution in [0.5, 0.6) is 0 Å². The van der Waals surface area contributed by atoms with Crippen LogP contribution in [-0.4, -0.2) is 53.1 Å². The van der Waals surface area contributed by atoms with E-state index in [0.717, 1.165) is 32.1 Å². The Morgan fingerprint density at radius 1 is 0.929 bits per heavy atom. The molecule has 5 heteroatoms. The van der Waals surface area contributed by atoms with Crippen LogP contribution in [0.3, 0.4) is 0 Å². The van der Waals surface area contributed by atoms with Crippen molar-refractivity contribution >= 4 is 11.7 Å². The zero-order valence-electron chi connectivity index (χ0n) is 18.6. The Morgan fingerprint density at radius 3 is 2.00 bits per heavy atom. The molecule has 0 aliphatic carbocycles. The van der Waals surface area contributed by atoms with Crippen molar-refractivity contribution in [2.45, 2.75) is 117 Å². The van der Waals surface area contributed by atoms with Crippen LogP contribution in [0.4, 0.5) is 0 Å². The summed E-state index contributed by atoms with van der Waals surface area (Å²) in [5.74, 6) is 0.710. The Bertz CT molecular complexity index is 450. The number of carbonyl (C=O) groups is 2. The van der Waals surface area contributed by atoms with Gasteiger partial charge >= 0.3 is 0 Å². The molecular formula is C23H43NO4. The van der Waals surface area contributed by atoms with E-state index in [4.69, 9.17) is 4.74 Å². The van der Waals surface area contributed by atoms with Gasteiger partial charge in [-0.1, -0.05) is 52.4 Å². The largest absolute Gasteiger partial charge is 0.391 e. The third-order valence-corrected chi connectivity index (χ3v) is 5.54. The smallest absolute Gasteiger partial charge is 0.222 e. The molecule has 164 valence electrons. The fourth-order valence-electron chi connectivity index (χ4n) is 3.73. The van der Waals surface area contributed by atoms with Gasteiger partial charge in [0, 0.05) is 25.3 Å². The highest BCUT2D eigenvalue weighted by Gasteiger charge is 2.34. The van der Waals surface area contributed by atoms with Crippen LogP contribution in [0.15, 0.2) is 0 Å². The molecule has 1 fully saturated rings. The third kappa shape index (κ3) is 10.6. The molecule has 1 heterocycles. The molecule has 1 N–H and O–H groups in total. The fourth-order valence-corrected chi connectivity index (χ4v) is 3.73. The predicted octanol–water partition coefficient (Wildman–Crippen LogP) is 4.50. The number of likely N-dealkylation sites (tertiary alicyclic amines) is 1. The number of hydrogen-bond acceptors (Lipinski definition) is 4. The summed E-state index contributed by atoms with van der Waals surface area (Å²) in [7, 11) is 0. The van der Waals surface area contributed by atoms with Crippen molar-refractivity contribution in [3.8, 4) is 0 Å². The minimum atomic E-state index is -0.416. The number of amides is 1. The number of carbonyl (C=O) groups excluding carboxylic acids is 2. The zero-order valence-corrected chi connectivity index (χ0v) is 18.6. The van der Waals surface area contributed by atoms with Crippen molar-refractivity contribution in [1.29, 1.82) is 0 Å². The summed E-state index contributed by atoms with van der Waals surface area (Å²) in [5.41, 5.74) is 0. The number of aliphatic hydroxyl groups is 1. The van der Waals surface area contributed by atoms with E-state index in [0.29, 0.717) is 31.8 Å². The van der Waals surface area contributed by atoms with Gasteiger partial charge in [-0.15, -0.1) is 0 Å². The number of β-amino-alcohol motifs (C(OH)–C–C–N with tert-alkyl or cyclic N) is 1. The SMILES string of the molecule is CC(C)OC[C@@H]1C[C@H](O)CN1C(=O)CCCCCCCCCCC(=O)C(C)C. The lowest BCUT2D eigenvalue weighted by Gasteiger charge is -2.25. The highest BCUT2D eigenvalue weighted by Crippen LogP contribution is 2.21. The van der Waals surface area contributed by atoms with Crippen molar-refractivity contribution < 1.29 is 19.4 Å². The molecule has 1 amide bonds. The van der Waals surface area contributed by atoms with Gasteiger partial charge in [-0.25, -0.2) is 0 Å². The Balaban J connectivity index is 2.04. The molecule has 2 atom stereocenters. The molecule has 0 bridgehead atoms. The summed E-state index contributed by atoms with van der Waals surface area (Å²) in [6.07, 6.45) is 10.6. The van der Waals surface area contributed by atoms with Crippen LogP contribution < -0.4 is 0 Å². The molecule has 0 aromatic carbocycles. The van der Waals surface area contributed by atoms with Crippen LogP contribution in [0.25, 0.3) is 0 Å². The molecular weight excluding hydrogens is 354 g/mol. The molecule has 0 saturated carbocycles. The second-order valence-corrected chi connectivity index (χ2v) is 8.92. The number of Topliss-reactive ketones (excluding diaryl/α,β-unsaturated/α-hetero) is 1. The van der Waals surface area contributed by atoms with Crippen molar-refractivity contribution in [3.05, 3.63) is 0 Å². The van der Waals surface area contributed by atoms with Gasteiger partial charge in [-0.2, -0.15) is 0 Å². The van der Waals surface area contributed by atoms with Gasteiger partial charge < -0.3 is 14.7 Å². The maximum absolute atomic E-state index is 12.5. The van der Waals surface area contributed by atoms with E-state index in [2.05, 4.69) is 0 Å². The summed E-state index contributed by atoms with van der Waals surface area (Å²) in [4.78, 5) is 25.9. The number of nitrogens with zero attached hydrogens (tertiary/aromatic N) is 1. The van der Waals surface area contributed by atoms with E-state index in [1.807, 2.05) is 32.6 Å². The van der Waals surface area contributed by atoms with Crippen LogP contribution in [0, 0.1) is 5.92 Å². The van der Waals surface area contributed by atoms with E-state index < -0.39 is 6.10 Å². The number of unbranched alkanes of at least 4 members (excludes halogenated alkanes) is 7. The number of ether oxygens (including phenoxy) is 1. The Kier molecular flexibility index (Phi) is 12.6. The van der Waals surface area contributed by atoms with E-state index in [9.17, 15) is 14.7 Å². The average molecular weight is 398 g/mol. The van der Waals surface area contributed by atoms with Crippen molar-refractivity contribution in [2.24, 2.45) is 5.92 Å². The molecule has 0 spiro atoms. The summed E-state index contributed by atoms with van der Waals surface area (Å²) in [5, 5.41) is 9.90. The van der Waals surface area contributed by atoms with Gasteiger partial charge in [-0.05, 0) is 33.1 Å². The van der Waals surface area contributed by atoms with E-state index >= 15 is 0 Å². The summed E-state index contributed by atoms with van der Waals surface area (Å²) < 4.78 is 5.65. The molecule has 0 unspecified atom stereocenters. The van der Waals surface area contributed by atoms with Crippen LogP contribution in [-0.2, 0) is 14.3 Å². The monoisotopic (exact) mass is 397 g/mol. The van der Waals surface area contributed by atoms with Crippen molar-refractivity contribution in [1.82, 2.24) is 4.90 Å². The molecule has 1 aliphatic rings. The first-order valence-electron chi connectivity index (χ1n) is 11.4. The molecule has 28 heavy (non-hydrogen) atoms. The highest BCUT2D eigenvalue weighted by atomic mass is 16.5. The lowest BCUT2D eigenvalue weighted by molar-refractivity contribution is -0.133. The number of aliphatic hydroxyl groups excluding tert-OH is 1. The normalized spacial score (nSPS) is 19.8. The first-order chi connectivity index (χ1) is 13.3. The fraction of sp³-hybridized carbons (Fsp3) is 0.913. The molecule has 1 saturated heterocycles. The summed E-state index contributed by atoms with van der Waals surface area (Å²) >= 11 is 0. The van der Waals surface area contributed by atoms with E-state index in [1.165, 1.54) is 25.7 Å². The summed E-state index contributed by atoms with van der Waals surface area (Å²) in [6, 6.07) is 0.0208. The van der Waals surface area contributed by atoms with Crippen LogP contribution >= 0.6 is 0 Å². The first-order valence-corrected chi connectivity index (χ1v) is 11.4. The molecule has 5 nitrogen and oxygen atoms in total. The second kappa shape index (κ2) is 14.1. The maximum Gasteiger partial charge on any atom is 0.222 e. The molecule has 1 aliphatic heterocycles. The Labute approximate surface area is 172 Å². The molecule has 0 aromatic rings. The van der Waals surface area contributed by atoms with Crippen molar-refractivity contribution in [2.75, 3.05) is 13.2 Å². The number of rotatable bonds is 15. The topological polar surface area (TPSA) is 66.8 Å². The maximum atomic E-state index is 12.5. The number of ketones is 1. The van der Waals surface area contributed by atoms with Gasteiger partial charge in [0.05, 0.1) is 24.9 Å².